The third kappa shape index (κ3) is 4.60. The number of hydrogen-bond donors (Lipinski definition) is 1. The van der Waals surface area contributed by atoms with E-state index >= 15 is 0 Å². The Balaban J connectivity index is 1.61. The van der Waals surface area contributed by atoms with Gasteiger partial charge in [-0.05, 0) is 37.5 Å². The van der Waals surface area contributed by atoms with Gasteiger partial charge >= 0.3 is 0 Å². The Kier molecular flexibility index (Phi) is 6.14. The molecule has 164 valence electrons. The molecule has 0 aliphatic rings. The first-order valence-electron chi connectivity index (χ1n) is 10.3. The number of carbonyl (C=O) groups excluding carboxylic acids is 1. The number of thioether (sulfide) groups is 1. The molecule has 4 aromatic rings. The molecule has 0 bridgehead atoms. The molecule has 0 saturated heterocycles. The maximum absolute atomic E-state index is 13.2. The molecule has 0 atom stereocenters. The summed E-state index contributed by atoms with van der Waals surface area (Å²) in [6.45, 7) is 6.36. The van der Waals surface area contributed by atoms with Crippen LogP contribution in [0.2, 0.25) is 0 Å². The van der Waals surface area contributed by atoms with Crippen molar-refractivity contribution in [3.8, 4) is 0 Å². The molecule has 8 heteroatoms. The van der Waals surface area contributed by atoms with E-state index in [2.05, 4.69) is 15.4 Å². The van der Waals surface area contributed by atoms with E-state index in [-0.39, 0.29) is 17.2 Å². The van der Waals surface area contributed by atoms with Gasteiger partial charge in [-0.3, -0.25) is 18.8 Å². The van der Waals surface area contributed by atoms with Crippen molar-refractivity contribution < 1.29 is 4.79 Å². The second-order valence-corrected chi connectivity index (χ2v) is 8.86. The predicted octanol–water partition coefficient (Wildman–Crippen LogP) is 3.83. The molecular formula is C24H25N5O2S. The van der Waals surface area contributed by atoms with Gasteiger partial charge in [0.15, 0.2) is 10.7 Å². The number of amides is 1. The van der Waals surface area contributed by atoms with Crippen molar-refractivity contribution in [1.82, 2.24) is 19.3 Å². The number of carbonyl (C=O) groups is 1. The van der Waals surface area contributed by atoms with E-state index < -0.39 is 0 Å². The zero-order chi connectivity index (χ0) is 22.8. The van der Waals surface area contributed by atoms with Crippen LogP contribution in [0.5, 0.6) is 0 Å². The molecule has 2 heterocycles. The van der Waals surface area contributed by atoms with Crippen LogP contribution in [0.25, 0.3) is 11.0 Å². The van der Waals surface area contributed by atoms with Crippen LogP contribution < -0.4 is 10.9 Å². The van der Waals surface area contributed by atoms with Gasteiger partial charge in [0.25, 0.3) is 5.56 Å². The van der Waals surface area contributed by atoms with E-state index in [9.17, 15) is 9.59 Å². The summed E-state index contributed by atoms with van der Waals surface area (Å²) >= 11 is 1.25. The topological polar surface area (TPSA) is 81.8 Å². The van der Waals surface area contributed by atoms with E-state index in [0.29, 0.717) is 22.7 Å². The Labute approximate surface area is 190 Å². The molecule has 1 N–H and O–H groups in total. The van der Waals surface area contributed by atoms with Crippen molar-refractivity contribution in [2.45, 2.75) is 32.5 Å². The van der Waals surface area contributed by atoms with Gasteiger partial charge in [0.05, 0.1) is 18.5 Å². The Morgan fingerprint density at radius 1 is 1.09 bits per heavy atom. The Morgan fingerprint density at radius 2 is 1.78 bits per heavy atom. The van der Waals surface area contributed by atoms with Gasteiger partial charge in [-0.2, -0.15) is 5.10 Å². The number of benzene rings is 2. The summed E-state index contributed by atoms with van der Waals surface area (Å²) in [5.41, 5.74) is 5.65. The molecule has 32 heavy (non-hydrogen) atoms. The lowest BCUT2D eigenvalue weighted by molar-refractivity contribution is -0.113. The van der Waals surface area contributed by atoms with E-state index in [1.165, 1.54) is 11.8 Å². The number of nitrogens with one attached hydrogen (secondary N) is 1. The monoisotopic (exact) mass is 447 g/mol. The number of fused-ring (bicyclic) bond motifs is 1. The van der Waals surface area contributed by atoms with Gasteiger partial charge in [-0.25, -0.2) is 4.98 Å². The third-order valence-electron chi connectivity index (χ3n) is 5.16. The lowest BCUT2D eigenvalue weighted by Gasteiger charge is -2.14. The summed E-state index contributed by atoms with van der Waals surface area (Å²) < 4.78 is 3.17. The molecule has 0 fully saturated rings. The molecule has 0 aliphatic heterocycles. The van der Waals surface area contributed by atoms with Gasteiger partial charge in [0.1, 0.15) is 5.52 Å². The lowest BCUT2D eigenvalue weighted by Crippen LogP contribution is -2.25. The zero-order valence-corrected chi connectivity index (χ0v) is 19.4. The van der Waals surface area contributed by atoms with Crippen molar-refractivity contribution in [3.05, 3.63) is 81.3 Å². The first-order chi connectivity index (χ1) is 15.3. The number of rotatable bonds is 6. The third-order valence-corrected chi connectivity index (χ3v) is 6.14. The minimum absolute atomic E-state index is 0.139. The highest BCUT2D eigenvalue weighted by molar-refractivity contribution is 7.99. The number of nitrogens with zero attached hydrogens (tertiary/aromatic N) is 4. The van der Waals surface area contributed by atoms with Gasteiger partial charge in [0, 0.05) is 12.7 Å². The highest BCUT2D eigenvalue weighted by Crippen LogP contribution is 2.23. The fourth-order valence-corrected chi connectivity index (χ4v) is 4.59. The van der Waals surface area contributed by atoms with Crippen LogP contribution in [-0.4, -0.2) is 31.0 Å². The fraction of sp³-hybridized carbons (Fsp3) is 0.250. The van der Waals surface area contributed by atoms with Crippen LogP contribution in [0.1, 0.15) is 22.3 Å². The van der Waals surface area contributed by atoms with Crippen LogP contribution in [0.3, 0.4) is 0 Å². The highest BCUT2D eigenvalue weighted by atomic mass is 32.2. The average molecular weight is 448 g/mol. The highest BCUT2D eigenvalue weighted by Gasteiger charge is 2.17. The minimum Gasteiger partial charge on any atom is -0.325 e. The van der Waals surface area contributed by atoms with E-state index in [1.807, 2.05) is 63.2 Å². The molecule has 0 radical (unpaired) electrons. The number of aromatic nitrogens is 4. The predicted molar refractivity (Wildman–Crippen MR) is 128 cm³/mol. The van der Waals surface area contributed by atoms with Crippen molar-refractivity contribution in [2.75, 3.05) is 11.1 Å². The SMILES string of the molecule is Cc1cc(C)c(NC(=O)CSc2nc3cn(C)nc3c(=O)n2Cc2ccccc2)c(C)c1. The number of aryl methyl sites for hydroxylation is 4. The average Bonchev–Trinajstić information content (AvgIpc) is 3.13. The van der Waals surface area contributed by atoms with E-state index in [0.717, 1.165) is 27.9 Å². The lowest BCUT2D eigenvalue weighted by atomic mass is 10.1. The summed E-state index contributed by atoms with van der Waals surface area (Å²) in [6.07, 6.45) is 1.72. The van der Waals surface area contributed by atoms with Crippen LogP contribution >= 0.6 is 11.8 Å². The van der Waals surface area contributed by atoms with Gasteiger partial charge in [-0.15, -0.1) is 0 Å². The largest absolute Gasteiger partial charge is 0.325 e. The van der Waals surface area contributed by atoms with Crippen molar-refractivity contribution in [1.29, 1.82) is 0 Å². The quantitative estimate of drug-likeness (QED) is 0.359. The molecule has 0 spiro atoms. The standard InChI is InChI=1S/C24H25N5O2S/c1-15-10-16(2)21(17(3)11-15)26-20(30)14-32-24-25-19-13-28(4)27-22(19)23(31)29(24)12-18-8-6-5-7-9-18/h5-11,13H,12,14H2,1-4H3,(H,26,30). The normalized spacial score (nSPS) is 11.1. The minimum atomic E-state index is -0.215. The molecule has 0 unspecified atom stereocenters. The fourth-order valence-electron chi connectivity index (χ4n) is 3.79. The summed E-state index contributed by atoms with van der Waals surface area (Å²) in [6, 6.07) is 13.8. The molecule has 0 saturated carbocycles. The maximum Gasteiger partial charge on any atom is 0.282 e. The molecule has 0 aliphatic carbocycles. The Hall–Kier alpha value is -3.39. The summed E-state index contributed by atoms with van der Waals surface area (Å²) in [5, 5.41) is 7.77. The molecule has 4 rings (SSSR count). The molecule has 2 aromatic carbocycles. The zero-order valence-electron chi connectivity index (χ0n) is 18.5. The second-order valence-electron chi connectivity index (χ2n) is 7.92. The number of anilines is 1. The number of hydrogen-bond acceptors (Lipinski definition) is 5. The second kappa shape index (κ2) is 9.00. The van der Waals surface area contributed by atoms with Gasteiger partial charge in [-0.1, -0.05) is 59.8 Å². The van der Waals surface area contributed by atoms with Crippen molar-refractivity contribution in [3.63, 3.8) is 0 Å². The molecular weight excluding hydrogens is 422 g/mol. The Morgan fingerprint density at radius 3 is 2.47 bits per heavy atom. The van der Waals surface area contributed by atoms with E-state index in [1.54, 1.807) is 22.5 Å². The first-order valence-corrected chi connectivity index (χ1v) is 11.3. The van der Waals surface area contributed by atoms with Crippen LogP contribution in [0.15, 0.2) is 58.6 Å². The molecule has 7 nitrogen and oxygen atoms in total. The van der Waals surface area contributed by atoms with Crippen molar-refractivity contribution in [2.24, 2.45) is 7.05 Å². The molecule has 1 amide bonds. The maximum atomic E-state index is 13.2. The van der Waals surface area contributed by atoms with Gasteiger partial charge < -0.3 is 5.32 Å². The first kappa shape index (κ1) is 21.8. The van der Waals surface area contributed by atoms with Crippen LogP contribution in [0.4, 0.5) is 5.69 Å². The summed E-state index contributed by atoms with van der Waals surface area (Å²) in [5.74, 6) is -0.00316. The van der Waals surface area contributed by atoms with E-state index in [4.69, 9.17) is 0 Å². The van der Waals surface area contributed by atoms with Crippen LogP contribution in [-0.2, 0) is 18.4 Å². The van der Waals surface area contributed by atoms with Crippen LogP contribution in [0, 0.1) is 20.8 Å². The van der Waals surface area contributed by atoms with Crippen molar-refractivity contribution >= 4 is 34.4 Å². The Bertz CT molecular complexity index is 1340. The van der Waals surface area contributed by atoms with Gasteiger partial charge in [0.2, 0.25) is 5.91 Å². The smallest absolute Gasteiger partial charge is 0.282 e. The summed E-state index contributed by atoms with van der Waals surface area (Å²) in [7, 11) is 1.76. The summed E-state index contributed by atoms with van der Waals surface area (Å²) in [4.78, 5) is 30.5. The molecule has 2 aromatic heterocycles.